The molecule has 0 aliphatic carbocycles. The summed E-state index contributed by atoms with van der Waals surface area (Å²) in [5.41, 5.74) is 6.08. The minimum atomic E-state index is -0.00287. The minimum Gasteiger partial charge on any atom is -0.497 e. The predicted molar refractivity (Wildman–Crippen MR) is 99.4 cm³/mol. The van der Waals surface area contributed by atoms with Gasteiger partial charge in [-0.3, -0.25) is 9.69 Å². The Morgan fingerprint density at radius 2 is 2.12 bits per heavy atom. The SMILES string of the molecule is COc1ccc(OCCCN)c(C(=O)N2CCN(C(C)C)[C@@H](C)C2)c1. The topological polar surface area (TPSA) is 68.0 Å². The molecule has 2 N–H and O–H groups in total. The van der Waals surface area contributed by atoms with Gasteiger partial charge in [0, 0.05) is 31.7 Å². The molecule has 0 aromatic heterocycles. The highest BCUT2D eigenvalue weighted by Gasteiger charge is 2.30. The second-order valence-corrected chi connectivity index (χ2v) is 6.78. The van der Waals surface area contributed by atoms with Crippen molar-refractivity contribution in [2.75, 3.05) is 39.9 Å². The van der Waals surface area contributed by atoms with Crippen LogP contribution in [0.15, 0.2) is 18.2 Å². The Kier molecular flexibility index (Phi) is 7.08. The first-order chi connectivity index (χ1) is 12.0. The summed E-state index contributed by atoms with van der Waals surface area (Å²) < 4.78 is 11.1. The molecule has 25 heavy (non-hydrogen) atoms. The van der Waals surface area contributed by atoms with Crippen LogP contribution in [0.4, 0.5) is 0 Å². The van der Waals surface area contributed by atoms with Crippen molar-refractivity contribution >= 4 is 5.91 Å². The number of amides is 1. The van der Waals surface area contributed by atoms with Crippen LogP contribution in [0.3, 0.4) is 0 Å². The second-order valence-electron chi connectivity index (χ2n) is 6.78. The Balaban J connectivity index is 2.16. The molecule has 1 atom stereocenters. The molecule has 0 radical (unpaired) electrons. The van der Waals surface area contributed by atoms with E-state index in [0.717, 1.165) is 26.1 Å². The van der Waals surface area contributed by atoms with Gasteiger partial charge >= 0.3 is 0 Å². The Morgan fingerprint density at radius 1 is 1.36 bits per heavy atom. The number of ether oxygens (including phenoxy) is 2. The molecule has 6 heteroatoms. The van der Waals surface area contributed by atoms with Gasteiger partial charge in [-0.1, -0.05) is 0 Å². The standard InChI is InChI=1S/C19H31N3O3/c1-14(2)22-10-9-21(13-15(22)3)19(23)17-12-16(24-4)6-7-18(17)25-11-5-8-20/h6-7,12,14-15H,5,8-11,13,20H2,1-4H3/t15-/m0/s1. The molecule has 0 spiro atoms. The zero-order valence-corrected chi connectivity index (χ0v) is 15.8. The number of hydrogen-bond acceptors (Lipinski definition) is 5. The van der Waals surface area contributed by atoms with Crippen LogP contribution in [0, 0.1) is 0 Å². The Labute approximate surface area is 150 Å². The van der Waals surface area contributed by atoms with E-state index in [4.69, 9.17) is 15.2 Å². The number of hydrogen-bond donors (Lipinski definition) is 1. The highest BCUT2D eigenvalue weighted by molar-refractivity contribution is 5.97. The molecule has 0 bridgehead atoms. The van der Waals surface area contributed by atoms with Crippen LogP contribution in [0.5, 0.6) is 11.5 Å². The maximum Gasteiger partial charge on any atom is 0.257 e. The quantitative estimate of drug-likeness (QED) is 0.763. The van der Waals surface area contributed by atoms with Crippen molar-refractivity contribution in [1.82, 2.24) is 9.80 Å². The fourth-order valence-corrected chi connectivity index (χ4v) is 3.29. The molecule has 6 nitrogen and oxygen atoms in total. The summed E-state index contributed by atoms with van der Waals surface area (Å²) in [6.45, 7) is 9.95. The lowest BCUT2D eigenvalue weighted by molar-refractivity contribution is 0.0423. The number of methoxy groups -OCH3 is 1. The third-order valence-electron chi connectivity index (χ3n) is 4.65. The van der Waals surface area contributed by atoms with E-state index < -0.39 is 0 Å². The van der Waals surface area contributed by atoms with E-state index in [-0.39, 0.29) is 5.91 Å². The second kappa shape index (κ2) is 9.06. The van der Waals surface area contributed by atoms with Crippen molar-refractivity contribution in [3.05, 3.63) is 23.8 Å². The fourth-order valence-electron chi connectivity index (χ4n) is 3.29. The summed E-state index contributed by atoms with van der Waals surface area (Å²) in [7, 11) is 1.60. The molecule has 1 saturated heterocycles. The number of carbonyl (C=O) groups excluding carboxylic acids is 1. The highest BCUT2D eigenvalue weighted by atomic mass is 16.5. The molecule has 1 aromatic rings. The van der Waals surface area contributed by atoms with Gasteiger partial charge in [0.2, 0.25) is 0 Å². The Morgan fingerprint density at radius 3 is 2.72 bits per heavy atom. The van der Waals surface area contributed by atoms with Gasteiger partial charge in [-0.25, -0.2) is 0 Å². The lowest BCUT2D eigenvalue weighted by Crippen LogP contribution is -2.55. The van der Waals surface area contributed by atoms with E-state index in [1.165, 1.54) is 0 Å². The van der Waals surface area contributed by atoms with E-state index in [1.54, 1.807) is 19.2 Å². The van der Waals surface area contributed by atoms with Gasteiger partial charge in [-0.2, -0.15) is 0 Å². The van der Waals surface area contributed by atoms with Gasteiger partial charge in [0.25, 0.3) is 5.91 Å². The summed E-state index contributed by atoms with van der Waals surface area (Å²) >= 11 is 0. The van der Waals surface area contributed by atoms with Crippen LogP contribution >= 0.6 is 0 Å². The number of nitrogens with zero attached hydrogens (tertiary/aromatic N) is 2. The van der Waals surface area contributed by atoms with Gasteiger partial charge in [-0.15, -0.1) is 0 Å². The van der Waals surface area contributed by atoms with Crippen molar-refractivity contribution < 1.29 is 14.3 Å². The van der Waals surface area contributed by atoms with Crippen molar-refractivity contribution in [2.24, 2.45) is 5.73 Å². The van der Waals surface area contributed by atoms with Gasteiger partial charge in [0.05, 0.1) is 19.3 Å². The molecule has 1 aliphatic rings. The number of rotatable bonds is 7. The summed E-state index contributed by atoms with van der Waals surface area (Å²) in [5.74, 6) is 1.25. The molecule has 1 aliphatic heterocycles. The van der Waals surface area contributed by atoms with E-state index in [2.05, 4.69) is 25.7 Å². The van der Waals surface area contributed by atoms with Crippen LogP contribution < -0.4 is 15.2 Å². The molecule has 1 aromatic carbocycles. The summed E-state index contributed by atoms with van der Waals surface area (Å²) in [4.78, 5) is 17.4. The molecule has 2 rings (SSSR count). The number of nitrogens with two attached hydrogens (primary N) is 1. The summed E-state index contributed by atoms with van der Waals surface area (Å²) in [5, 5.41) is 0. The van der Waals surface area contributed by atoms with Crippen LogP contribution in [-0.2, 0) is 0 Å². The molecule has 140 valence electrons. The normalized spacial score (nSPS) is 18.5. The molecule has 1 amide bonds. The fraction of sp³-hybridized carbons (Fsp3) is 0.632. The predicted octanol–water partition coefficient (Wildman–Crippen LogP) is 1.98. The average Bonchev–Trinajstić information content (AvgIpc) is 2.61. The smallest absolute Gasteiger partial charge is 0.257 e. The number of piperazine rings is 1. The van der Waals surface area contributed by atoms with Gasteiger partial charge in [0.1, 0.15) is 11.5 Å². The Hall–Kier alpha value is -1.79. The summed E-state index contributed by atoms with van der Waals surface area (Å²) in [6.07, 6.45) is 0.754. The van der Waals surface area contributed by atoms with Gasteiger partial charge in [0.15, 0.2) is 0 Å². The maximum absolute atomic E-state index is 13.1. The van der Waals surface area contributed by atoms with Crippen LogP contribution in [0.2, 0.25) is 0 Å². The molecule has 0 saturated carbocycles. The zero-order chi connectivity index (χ0) is 18.4. The lowest BCUT2D eigenvalue weighted by Gasteiger charge is -2.42. The van der Waals surface area contributed by atoms with Crippen molar-refractivity contribution in [2.45, 2.75) is 39.3 Å². The van der Waals surface area contributed by atoms with E-state index in [9.17, 15) is 4.79 Å². The molecule has 1 heterocycles. The largest absolute Gasteiger partial charge is 0.497 e. The molecular formula is C19H31N3O3. The average molecular weight is 349 g/mol. The first-order valence-corrected chi connectivity index (χ1v) is 9.03. The zero-order valence-electron chi connectivity index (χ0n) is 15.8. The van der Waals surface area contributed by atoms with E-state index in [0.29, 0.717) is 42.3 Å². The minimum absolute atomic E-state index is 0.00287. The highest BCUT2D eigenvalue weighted by Crippen LogP contribution is 2.27. The third-order valence-corrected chi connectivity index (χ3v) is 4.65. The molecule has 1 fully saturated rings. The Bertz CT molecular complexity index is 577. The third kappa shape index (κ3) is 4.86. The monoisotopic (exact) mass is 349 g/mol. The van der Waals surface area contributed by atoms with Crippen molar-refractivity contribution in [3.8, 4) is 11.5 Å². The van der Waals surface area contributed by atoms with E-state index in [1.807, 2.05) is 11.0 Å². The first kappa shape index (κ1) is 19.5. The maximum atomic E-state index is 13.1. The van der Waals surface area contributed by atoms with Crippen LogP contribution in [0.25, 0.3) is 0 Å². The lowest BCUT2D eigenvalue weighted by atomic mass is 10.1. The van der Waals surface area contributed by atoms with E-state index >= 15 is 0 Å². The first-order valence-electron chi connectivity index (χ1n) is 9.03. The van der Waals surface area contributed by atoms with Crippen molar-refractivity contribution in [3.63, 3.8) is 0 Å². The summed E-state index contributed by atoms with van der Waals surface area (Å²) in [6, 6.07) is 6.20. The van der Waals surface area contributed by atoms with Gasteiger partial charge < -0.3 is 20.1 Å². The number of carbonyl (C=O) groups is 1. The van der Waals surface area contributed by atoms with Crippen molar-refractivity contribution in [1.29, 1.82) is 0 Å². The number of benzene rings is 1. The molecular weight excluding hydrogens is 318 g/mol. The van der Waals surface area contributed by atoms with Gasteiger partial charge in [-0.05, 0) is 51.9 Å². The molecule has 0 unspecified atom stereocenters. The van der Waals surface area contributed by atoms with Crippen LogP contribution in [-0.4, -0.2) is 67.7 Å². The van der Waals surface area contributed by atoms with Crippen LogP contribution in [0.1, 0.15) is 37.6 Å².